The lowest BCUT2D eigenvalue weighted by atomic mass is 9.95. The van der Waals surface area contributed by atoms with E-state index in [0.717, 1.165) is 11.1 Å². The molecule has 1 atom stereocenters. The Kier molecular flexibility index (Phi) is 7.20. The predicted octanol–water partition coefficient (Wildman–Crippen LogP) is 3.32. The number of piperidine rings is 1. The fourth-order valence-electron chi connectivity index (χ4n) is 5.15. The van der Waals surface area contributed by atoms with Crippen LogP contribution in [0.5, 0.6) is 0 Å². The smallest absolute Gasteiger partial charge is 0.257 e. The summed E-state index contributed by atoms with van der Waals surface area (Å²) in [5, 5.41) is 2.93. The Morgan fingerprint density at radius 3 is 2.37 bits per heavy atom. The highest BCUT2D eigenvalue weighted by molar-refractivity contribution is 5.99. The molecule has 3 amide bonds. The van der Waals surface area contributed by atoms with Crippen molar-refractivity contribution in [2.45, 2.75) is 38.1 Å². The number of rotatable bonds is 5. The number of aromatic nitrogens is 1. The molecule has 3 heterocycles. The van der Waals surface area contributed by atoms with Gasteiger partial charge >= 0.3 is 0 Å². The molecule has 2 aromatic carbocycles. The van der Waals surface area contributed by atoms with E-state index in [-0.39, 0.29) is 24.3 Å². The zero-order valence-corrected chi connectivity index (χ0v) is 21.1. The van der Waals surface area contributed by atoms with Crippen molar-refractivity contribution in [1.82, 2.24) is 20.1 Å². The number of halogens is 1. The second-order valence-electron chi connectivity index (χ2n) is 9.64. The zero-order valence-electron chi connectivity index (χ0n) is 21.1. The molecule has 1 unspecified atom stereocenters. The van der Waals surface area contributed by atoms with Gasteiger partial charge in [-0.15, -0.1) is 0 Å². The second kappa shape index (κ2) is 10.7. The number of pyridine rings is 1. The summed E-state index contributed by atoms with van der Waals surface area (Å²) in [6.07, 6.45) is 4.02. The molecule has 1 aromatic heterocycles. The molecule has 2 saturated heterocycles. The van der Waals surface area contributed by atoms with Crippen LogP contribution in [0.15, 0.2) is 73.1 Å². The molecule has 0 bridgehead atoms. The molecule has 1 spiro atoms. The number of nitrogens with one attached hydrogen (secondary N) is 1. The van der Waals surface area contributed by atoms with Gasteiger partial charge < -0.3 is 15.0 Å². The summed E-state index contributed by atoms with van der Waals surface area (Å²) >= 11 is 0. The first kappa shape index (κ1) is 25.5. The summed E-state index contributed by atoms with van der Waals surface area (Å²) in [6, 6.07) is 15.5. The highest BCUT2D eigenvalue weighted by atomic mass is 19.1. The van der Waals surface area contributed by atoms with E-state index in [4.69, 9.17) is 4.74 Å². The van der Waals surface area contributed by atoms with Crippen LogP contribution < -0.4 is 5.32 Å². The number of benzene rings is 2. The molecule has 0 saturated carbocycles. The topological polar surface area (TPSA) is 91.8 Å². The number of aryl methyl sites for hydroxylation is 1. The Morgan fingerprint density at radius 2 is 1.68 bits per heavy atom. The number of hydrogen-bond donors (Lipinski definition) is 1. The van der Waals surface area contributed by atoms with Gasteiger partial charge in [0.15, 0.2) is 0 Å². The highest BCUT2D eigenvalue weighted by Crippen LogP contribution is 2.39. The van der Waals surface area contributed by atoms with Gasteiger partial charge in [-0.1, -0.05) is 18.2 Å². The molecule has 8 nitrogen and oxygen atoms in total. The Morgan fingerprint density at radius 1 is 1.00 bits per heavy atom. The van der Waals surface area contributed by atoms with E-state index in [1.54, 1.807) is 34.3 Å². The number of ether oxygens (including phenoxy) is 1. The summed E-state index contributed by atoms with van der Waals surface area (Å²) in [4.78, 5) is 47.6. The molecule has 1 N–H and O–H groups in total. The molecule has 5 rings (SSSR count). The van der Waals surface area contributed by atoms with Crippen LogP contribution in [-0.4, -0.2) is 64.0 Å². The van der Waals surface area contributed by atoms with Gasteiger partial charge in [-0.2, -0.15) is 0 Å². The Bertz CT molecular complexity index is 1320. The van der Waals surface area contributed by atoms with Crippen LogP contribution in [0.25, 0.3) is 0 Å². The third-order valence-electron chi connectivity index (χ3n) is 7.30. The SMILES string of the molecule is Cc1ccccc1C(=O)N1C(C(=O)NCc2ccncc2)COC12CCN(C(=O)c1ccc(F)cc1)CC2. The summed E-state index contributed by atoms with van der Waals surface area (Å²) in [7, 11) is 0. The molecular weight excluding hydrogens is 487 g/mol. The van der Waals surface area contributed by atoms with E-state index in [2.05, 4.69) is 10.3 Å². The summed E-state index contributed by atoms with van der Waals surface area (Å²) in [6.45, 7) is 2.89. The van der Waals surface area contributed by atoms with Gasteiger partial charge in [-0.25, -0.2) is 4.39 Å². The highest BCUT2D eigenvalue weighted by Gasteiger charge is 2.54. The molecule has 3 aromatic rings. The molecule has 2 aliphatic rings. The Balaban J connectivity index is 1.37. The number of carbonyl (C=O) groups is 3. The van der Waals surface area contributed by atoms with E-state index in [1.807, 2.05) is 31.2 Å². The van der Waals surface area contributed by atoms with Gasteiger partial charge in [0, 0.05) is 56.0 Å². The maximum Gasteiger partial charge on any atom is 0.257 e. The number of likely N-dealkylation sites (tertiary alicyclic amines) is 1. The summed E-state index contributed by atoms with van der Waals surface area (Å²) < 4.78 is 19.6. The molecule has 9 heteroatoms. The van der Waals surface area contributed by atoms with Crippen LogP contribution in [0, 0.1) is 12.7 Å². The van der Waals surface area contributed by atoms with Crippen molar-refractivity contribution in [3.05, 3.63) is 101 Å². The summed E-state index contributed by atoms with van der Waals surface area (Å²) in [5.74, 6) is -1.19. The van der Waals surface area contributed by atoms with Crippen molar-refractivity contribution >= 4 is 17.7 Å². The van der Waals surface area contributed by atoms with Gasteiger partial charge in [-0.05, 0) is 60.5 Å². The Hall–Kier alpha value is -4.11. The van der Waals surface area contributed by atoms with Crippen LogP contribution in [0.1, 0.15) is 44.7 Å². The minimum absolute atomic E-state index is 0.0612. The van der Waals surface area contributed by atoms with E-state index in [0.29, 0.717) is 43.6 Å². The number of amides is 3. The van der Waals surface area contributed by atoms with Crippen molar-refractivity contribution in [3.8, 4) is 0 Å². The zero-order chi connectivity index (χ0) is 26.7. The van der Waals surface area contributed by atoms with Crippen molar-refractivity contribution in [3.63, 3.8) is 0 Å². The van der Waals surface area contributed by atoms with Crippen LogP contribution in [0.3, 0.4) is 0 Å². The first-order valence-corrected chi connectivity index (χ1v) is 12.6. The first-order valence-electron chi connectivity index (χ1n) is 12.6. The average molecular weight is 517 g/mol. The van der Waals surface area contributed by atoms with Gasteiger partial charge in [-0.3, -0.25) is 24.3 Å². The maximum absolute atomic E-state index is 13.9. The number of hydrogen-bond acceptors (Lipinski definition) is 5. The van der Waals surface area contributed by atoms with Crippen LogP contribution in [0.4, 0.5) is 4.39 Å². The first-order chi connectivity index (χ1) is 18.4. The molecule has 2 fully saturated rings. The van der Waals surface area contributed by atoms with E-state index in [1.165, 1.54) is 24.3 Å². The predicted molar refractivity (Wildman–Crippen MR) is 137 cm³/mol. The van der Waals surface area contributed by atoms with Crippen molar-refractivity contribution in [1.29, 1.82) is 0 Å². The quantitative estimate of drug-likeness (QED) is 0.562. The van der Waals surface area contributed by atoms with Gasteiger partial charge in [0.2, 0.25) is 5.91 Å². The maximum atomic E-state index is 13.9. The lowest BCUT2D eigenvalue weighted by Crippen LogP contribution is -2.59. The molecule has 0 aliphatic carbocycles. The van der Waals surface area contributed by atoms with Crippen LogP contribution in [0.2, 0.25) is 0 Å². The third kappa shape index (κ3) is 5.02. The second-order valence-corrected chi connectivity index (χ2v) is 9.64. The fraction of sp³-hybridized carbons (Fsp3) is 0.310. The minimum atomic E-state index is -1.02. The minimum Gasteiger partial charge on any atom is -0.353 e. The monoisotopic (exact) mass is 516 g/mol. The van der Waals surface area contributed by atoms with Gasteiger partial charge in [0.05, 0.1) is 6.61 Å². The molecule has 196 valence electrons. The summed E-state index contributed by atoms with van der Waals surface area (Å²) in [5.41, 5.74) is 1.59. The Labute approximate surface area is 220 Å². The normalized spacial score (nSPS) is 18.4. The number of nitrogens with zero attached hydrogens (tertiary/aromatic N) is 3. The lowest BCUT2D eigenvalue weighted by molar-refractivity contribution is -0.128. The van der Waals surface area contributed by atoms with Crippen molar-refractivity contribution in [2.24, 2.45) is 0 Å². The van der Waals surface area contributed by atoms with Crippen molar-refractivity contribution < 1.29 is 23.5 Å². The fourth-order valence-corrected chi connectivity index (χ4v) is 5.15. The molecule has 38 heavy (non-hydrogen) atoms. The average Bonchev–Trinajstić information content (AvgIpc) is 3.31. The molecule has 0 radical (unpaired) electrons. The van der Waals surface area contributed by atoms with E-state index >= 15 is 0 Å². The number of carbonyl (C=O) groups excluding carboxylic acids is 3. The van der Waals surface area contributed by atoms with Crippen LogP contribution >= 0.6 is 0 Å². The molecule has 2 aliphatic heterocycles. The van der Waals surface area contributed by atoms with E-state index < -0.39 is 17.6 Å². The van der Waals surface area contributed by atoms with Crippen molar-refractivity contribution in [2.75, 3.05) is 19.7 Å². The lowest BCUT2D eigenvalue weighted by Gasteiger charge is -2.44. The van der Waals surface area contributed by atoms with E-state index in [9.17, 15) is 18.8 Å². The molecular formula is C29H29FN4O4. The third-order valence-corrected chi connectivity index (χ3v) is 7.30. The van der Waals surface area contributed by atoms with Gasteiger partial charge in [0.1, 0.15) is 17.6 Å². The van der Waals surface area contributed by atoms with Gasteiger partial charge in [0.25, 0.3) is 11.8 Å². The van der Waals surface area contributed by atoms with Crippen LogP contribution in [-0.2, 0) is 16.1 Å². The largest absolute Gasteiger partial charge is 0.353 e. The standard InChI is InChI=1S/C29H29FN4O4/c1-20-4-2-3-5-24(20)28(37)34-25(26(35)32-18-21-10-14-31-15-11-21)19-38-29(34)12-16-33(17-13-29)27(36)22-6-8-23(30)9-7-22/h2-11,14-15,25H,12-13,16-19H2,1H3,(H,32,35).